The maximum atomic E-state index is 12.9. The number of hydrogen-bond donors (Lipinski definition) is 0. The molecule has 0 unspecified atom stereocenters. The van der Waals surface area contributed by atoms with Crippen LogP contribution in [0.1, 0.15) is 15.9 Å². The van der Waals surface area contributed by atoms with Gasteiger partial charge in [-0.1, -0.05) is 12.1 Å². The molecule has 0 bridgehead atoms. The molecule has 0 aliphatic heterocycles. The molecular formula is C8H6ClFO2. The van der Waals surface area contributed by atoms with Crippen LogP contribution in [0.25, 0.3) is 0 Å². The number of benzene rings is 1. The number of rotatable bonds is 1. The van der Waals surface area contributed by atoms with Crippen LogP contribution in [0.3, 0.4) is 0 Å². The Labute approximate surface area is 74.1 Å². The van der Waals surface area contributed by atoms with E-state index in [4.69, 9.17) is 11.9 Å². The van der Waals surface area contributed by atoms with Crippen molar-refractivity contribution in [3.63, 3.8) is 0 Å². The summed E-state index contributed by atoms with van der Waals surface area (Å²) in [7, 11) is 0. The highest BCUT2D eigenvalue weighted by Gasteiger charge is 2.14. The number of hydrogen-bond acceptors (Lipinski definition) is 2. The van der Waals surface area contributed by atoms with Crippen LogP contribution in [-0.4, -0.2) is 5.97 Å². The summed E-state index contributed by atoms with van der Waals surface area (Å²) in [4.78, 5) is 10.9. The van der Waals surface area contributed by atoms with Crippen LogP contribution in [0.4, 0.5) is 4.39 Å². The van der Waals surface area contributed by atoms with E-state index in [9.17, 15) is 9.18 Å². The molecule has 12 heavy (non-hydrogen) atoms. The third kappa shape index (κ3) is 1.56. The standard InChI is InChI=1S/C8H6ClFO2/c1-5-3-2-4-6(10)7(5)8(11)12-9/h2-4H,1H3. The summed E-state index contributed by atoms with van der Waals surface area (Å²) in [6.07, 6.45) is 0. The summed E-state index contributed by atoms with van der Waals surface area (Å²) in [6.45, 7) is 1.60. The molecule has 4 heteroatoms. The van der Waals surface area contributed by atoms with E-state index in [2.05, 4.69) is 4.29 Å². The van der Waals surface area contributed by atoms with E-state index in [-0.39, 0.29) is 5.56 Å². The maximum Gasteiger partial charge on any atom is 0.359 e. The smallest absolute Gasteiger partial charge is 0.343 e. The Hall–Kier alpha value is -1.09. The molecule has 64 valence electrons. The molecule has 0 fully saturated rings. The molecule has 1 aromatic carbocycles. The molecule has 0 aliphatic carbocycles. The van der Waals surface area contributed by atoms with Gasteiger partial charge in [-0.25, -0.2) is 9.18 Å². The monoisotopic (exact) mass is 188 g/mol. The highest BCUT2D eigenvalue weighted by atomic mass is 35.5. The van der Waals surface area contributed by atoms with Crippen LogP contribution >= 0.6 is 11.9 Å². The van der Waals surface area contributed by atoms with Gasteiger partial charge in [-0.3, -0.25) is 0 Å². The van der Waals surface area contributed by atoms with Crippen molar-refractivity contribution in [2.24, 2.45) is 0 Å². The first-order chi connectivity index (χ1) is 5.66. The van der Waals surface area contributed by atoms with Gasteiger partial charge in [0, 0.05) is 0 Å². The number of halogens is 2. The van der Waals surface area contributed by atoms with Crippen LogP contribution in [0.5, 0.6) is 0 Å². The molecule has 2 nitrogen and oxygen atoms in total. The molecule has 0 saturated carbocycles. The van der Waals surface area contributed by atoms with Crippen molar-refractivity contribution in [3.8, 4) is 0 Å². The fourth-order valence-electron chi connectivity index (χ4n) is 0.929. The minimum atomic E-state index is -0.868. The molecule has 0 saturated heterocycles. The lowest BCUT2D eigenvalue weighted by molar-refractivity contribution is 0.0745. The minimum Gasteiger partial charge on any atom is -0.343 e. The fraction of sp³-hybridized carbons (Fsp3) is 0.125. The zero-order valence-electron chi connectivity index (χ0n) is 6.30. The molecule has 0 atom stereocenters. The molecule has 0 amide bonds. The largest absolute Gasteiger partial charge is 0.359 e. The van der Waals surface area contributed by atoms with Crippen LogP contribution in [-0.2, 0) is 4.29 Å². The summed E-state index contributed by atoms with van der Waals surface area (Å²) < 4.78 is 16.8. The molecule has 0 aromatic heterocycles. The molecule has 1 rings (SSSR count). The normalized spacial score (nSPS) is 9.58. The van der Waals surface area contributed by atoms with Gasteiger partial charge in [-0.15, -0.1) is 0 Å². The first-order valence-electron chi connectivity index (χ1n) is 3.25. The molecule has 0 N–H and O–H groups in total. The van der Waals surface area contributed by atoms with Gasteiger partial charge in [-0.2, -0.15) is 0 Å². The van der Waals surface area contributed by atoms with Crippen LogP contribution in [0.15, 0.2) is 18.2 Å². The van der Waals surface area contributed by atoms with E-state index < -0.39 is 11.8 Å². The van der Waals surface area contributed by atoms with Gasteiger partial charge in [0.25, 0.3) is 0 Å². The first kappa shape index (κ1) is 9.00. The van der Waals surface area contributed by atoms with E-state index >= 15 is 0 Å². The summed E-state index contributed by atoms with van der Waals surface area (Å²) >= 11 is 4.81. The third-order valence-corrected chi connectivity index (χ3v) is 1.64. The Morgan fingerprint density at radius 3 is 2.75 bits per heavy atom. The second-order valence-corrected chi connectivity index (χ2v) is 2.45. The van der Waals surface area contributed by atoms with Crippen molar-refractivity contribution in [2.45, 2.75) is 6.92 Å². The van der Waals surface area contributed by atoms with Crippen LogP contribution in [0.2, 0.25) is 0 Å². The summed E-state index contributed by atoms with van der Waals surface area (Å²) in [5, 5.41) is 0. The molecule has 0 heterocycles. The predicted molar refractivity (Wildman–Crippen MR) is 42.4 cm³/mol. The highest BCUT2D eigenvalue weighted by molar-refractivity contribution is 6.16. The van der Waals surface area contributed by atoms with Crippen molar-refractivity contribution >= 4 is 17.8 Å². The van der Waals surface area contributed by atoms with Gasteiger partial charge in [0.15, 0.2) is 0 Å². The molecule has 0 radical (unpaired) electrons. The third-order valence-electron chi connectivity index (χ3n) is 1.50. The number of carbonyl (C=O) groups excluding carboxylic acids is 1. The van der Waals surface area contributed by atoms with E-state index in [0.29, 0.717) is 5.56 Å². The Bertz CT molecular complexity index is 292. The molecule has 0 spiro atoms. The van der Waals surface area contributed by atoms with E-state index in [1.165, 1.54) is 12.1 Å². The topological polar surface area (TPSA) is 26.3 Å². The average Bonchev–Trinajstić information content (AvgIpc) is 2.03. The average molecular weight is 189 g/mol. The second-order valence-electron chi connectivity index (χ2n) is 2.30. The van der Waals surface area contributed by atoms with Gasteiger partial charge in [0.05, 0.1) is 5.56 Å². The van der Waals surface area contributed by atoms with Crippen molar-refractivity contribution in [3.05, 3.63) is 35.1 Å². The van der Waals surface area contributed by atoms with Crippen LogP contribution in [0, 0.1) is 12.7 Å². The first-order valence-corrected chi connectivity index (χ1v) is 3.55. The second kappa shape index (κ2) is 3.54. The van der Waals surface area contributed by atoms with Crippen molar-refractivity contribution < 1.29 is 13.5 Å². The molecule has 0 aliphatic rings. The lowest BCUT2D eigenvalue weighted by Gasteiger charge is -2.01. The van der Waals surface area contributed by atoms with Gasteiger partial charge in [-0.05, 0) is 18.6 Å². The Kier molecular flexibility index (Phi) is 2.65. The van der Waals surface area contributed by atoms with Crippen molar-refractivity contribution in [1.82, 2.24) is 0 Å². The Morgan fingerprint density at radius 1 is 1.58 bits per heavy atom. The van der Waals surface area contributed by atoms with Crippen molar-refractivity contribution in [1.29, 1.82) is 0 Å². The van der Waals surface area contributed by atoms with E-state index in [1.807, 2.05) is 0 Å². The quantitative estimate of drug-likeness (QED) is 0.677. The summed E-state index contributed by atoms with van der Waals surface area (Å²) in [6, 6.07) is 4.29. The van der Waals surface area contributed by atoms with Crippen molar-refractivity contribution in [2.75, 3.05) is 0 Å². The van der Waals surface area contributed by atoms with Gasteiger partial charge in [0.1, 0.15) is 17.7 Å². The van der Waals surface area contributed by atoms with Gasteiger partial charge in [0.2, 0.25) is 0 Å². The minimum absolute atomic E-state index is 0.118. The Morgan fingerprint density at radius 2 is 2.25 bits per heavy atom. The summed E-state index contributed by atoms with van der Waals surface area (Å²) in [5.74, 6) is -1.49. The predicted octanol–water partition coefficient (Wildman–Crippen LogP) is 2.44. The lowest BCUT2D eigenvalue weighted by atomic mass is 10.1. The molecular weight excluding hydrogens is 183 g/mol. The van der Waals surface area contributed by atoms with Crippen LogP contribution < -0.4 is 0 Å². The lowest BCUT2D eigenvalue weighted by Crippen LogP contribution is -2.04. The zero-order valence-corrected chi connectivity index (χ0v) is 7.06. The van der Waals surface area contributed by atoms with E-state index in [0.717, 1.165) is 0 Å². The highest BCUT2D eigenvalue weighted by Crippen LogP contribution is 2.14. The SMILES string of the molecule is Cc1cccc(F)c1C(=O)OCl. The van der Waals surface area contributed by atoms with E-state index in [1.54, 1.807) is 13.0 Å². The number of carbonyl (C=O) groups is 1. The van der Waals surface area contributed by atoms with Gasteiger partial charge < -0.3 is 4.29 Å². The number of aryl methyl sites for hydroxylation is 1. The fourth-order valence-corrected chi connectivity index (χ4v) is 1.01. The summed E-state index contributed by atoms with van der Waals surface area (Å²) in [5.41, 5.74) is 0.383. The maximum absolute atomic E-state index is 12.9. The van der Waals surface area contributed by atoms with Gasteiger partial charge >= 0.3 is 5.97 Å². The molecule has 1 aromatic rings. The Balaban J connectivity index is 3.21. The zero-order chi connectivity index (χ0) is 9.14.